The van der Waals surface area contributed by atoms with E-state index >= 15 is 0 Å². The maximum Gasteiger partial charge on any atom is 0.410 e. The zero-order chi connectivity index (χ0) is 52.2. The van der Waals surface area contributed by atoms with Crippen LogP contribution in [0.3, 0.4) is 0 Å². The predicted octanol–water partition coefficient (Wildman–Crippen LogP) is 6.13. The van der Waals surface area contributed by atoms with Gasteiger partial charge in [0.1, 0.15) is 34.0 Å². The number of rotatable bonds is 4. The van der Waals surface area contributed by atoms with Crippen molar-refractivity contribution in [1.29, 1.82) is 0 Å². The van der Waals surface area contributed by atoms with Gasteiger partial charge >= 0.3 is 11.9 Å². The number of aliphatic hydroxyl groups is 2. The molecule has 9 atom stereocenters. The summed E-state index contributed by atoms with van der Waals surface area (Å²) in [6.45, 7) is 21.7. The number of allylic oxidation sites excluding steroid dienone is 2. The largest absolute Gasteiger partial charge is 0.507 e. The predicted molar refractivity (Wildman–Crippen MR) is 272 cm³/mol. The number of carbonyl (C=O) groups is 3. The number of Topliss-reactive ketones (excluding diaryl/α,β-unsaturated/α-hetero) is 1. The molecule has 2 amide bonds. The van der Waals surface area contributed by atoms with Gasteiger partial charge in [-0.3, -0.25) is 14.6 Å². The molecule has 2 spiro atoms. The van der Waals surface area contributed by atoms with E-state index in [0.29, 0.717) is 37.5 Å². The summed E-state index contributed by atoms with van der Waals surface area (Å²) in [4.78, 5) is 59.3. The molecule has 3 saturated heterocycles. The van der Waals surface area contributed by atoms with E-state index in [-0.39, 0.29) is 55.1 Å². The Balaban J connectivity index is 1.19. The number of phenols is 2. The lowest BCUT2D eigenvalue weighted by Crippen LogP contribution is -2.51. The van der Waals surface area contributed by atoms with Crippen molar-refractivity contribution in [2.24, 2.45) is 45.0 Å². The summed E-state index contributed by atoms with van der Waals surface area (Å²) in [6.07, 6.45) is 8.59. The average Bonchev–Trinajstić information content (AvgIpc) is 3.85. The normalized spacial score (nSPS) is 32.9. The number of aliphatic hydroxyl groups excluding tert-OH is 2. The smallest absolute Gasteiger partial charge is 0.410 e. The molecule has 5 N–H and O–H groups in total. The number of methoxy groups -OCH3 is 1. The summed E-state index contributed by atoms with van der Waals surface area (Å²) >= 11 is 0. The van der Waals surface area contributed by atoms with Crippen LogP contribution in [0.15, 0.2) is 46.1 Å². The molecule has 3 fully saturated rings. The number of aromatic hydroxyl groups is 2. The molecule has 0 aliphatic carbocycles. The number of carbonyl (C=O) groups excluding carboxylic acids is 3. The number of nitrogens with one attached hydrogen (secondary N) is 1. The van der Waals surface area contributed by atoms with Crippen molar-refractivity contribution in [2.45, 2.75) is 137 Å². The first-order valence-electron chi connectivity index (χ1n) is 26.1. The number of likely N-dealkylation sites (tertiary alicyclic amines) is 3. The van der Waals surface area contributed by atoms with Crippen molar-refractivity contribution >= 4 is 34.2 Å². The number of nitrogens with zero attached hydrogens (tertiary/aromatic N) is 5. The van der Waals surface area contributed by atoms with Crippen LogP contribution in [0.2, 0.25) is 0 Å². The first-order valence-corrected chi connectivity index (χ1v) is 26.1. The topological polar surface area (TPSA) is 216 Å². The average molecular weight is 999 g/mol. The molecule has 7 heterocycles. The number of hydrogen-bond donors (Lipinski definition) is 5. The van der Waals surface area contributed by atoms with E-state index in [1.807, 2.05) is 13.8 Å². The standard InChI is InChI=1S/C55H78N6O11/c1-30(2)29-60-24-20-55(21-25-60)57-41-38-39-46(64)36(8)49-40(38)50(66)53(9,72-49)70-28-15-37(69-11)33(5)48(71-52(68)61-26-18-54(19-27-61)16-22-59(10)23-17-54)35(7)45(63)34(6)44(62)31(3)13-12-14-32(4)51(67)56-43(47(39)65)42(41)58-55/h12-15,28,30-31,33-35,37,44-45,48,57,62-65H,16-27,29H2,1-11H3/b13-12+,28-15+,32-14-,56-43?/t31-,33+,34+,35+,37-,44-,45+,48+,53-/m0/s1. The quantitative estimate of drug-likeness (QED) is 0.218. The van der Waals surface area contributed by atoms with E-state index < -0.39 is 83.1 Å². The number of piperidine rings is 3. The second-order valence-electron chi connectivity index (χ2n) is 22.5. The van der Waals surface area contributed by atoms with Gasteiger partial charge in [-0.1, -0.05) is 59.8 Å². The molecule has 9 rings (SSSR count). The fourth-order valence-electron chi connectivity index (χ4n) is 12.0. The Kier molecular flexibility index (Phi) is 15.3. The summed E-state index contributed by atoms with van der Waals surface area (Å²) in [5, 5.41) is 51.7. The molecule has 5 bridgehead atoms. The van der Waals surface area contributed by atoms with Gasteiger partial charge in [0.2, 0.25) is 0 Å². The third-order valence-corrected chi connectivity index (χ3v) is 17.0. The van der Waals surface area contributed by atoms with Gasteiger partial charge in [-0.2, -0.15) is 0 Å². The Bertz CT molecular complexity index is 2640. The van der Waals surface area contributed by atoms with E-state index in [9.17, 15) is 34.8 Å². The first-order chi connectivity index (χ1) is 34.0. The summed E-state index contributed by atoms with van der Waals surface area (Å²) in [5.74, 6) is -6.10. The minimum atomic E-state index is -1.97. The molecule has 17 nitrogen and oxygen atoms in total. The van der Waals surface area contributed by atoms with Crippen molar-refractivity contribution in [3.8, 4) is 17.2 Å². The van der Waals surface area contributed by atoms with Crippen molar-refractivity contribution in [3.63, 3.8) is 0 Å². The Labute approximate surface area is 423 Å². The molecule has 17 heteroatoms. The van der Waals surface area contributed by atoms with Crippen LogP contribution < -0.4 is 20.8 Å². The van der Waals surface area contributed by atoms with Gasteiger partial charge in [0, 0.05) is 99.8 Å². The van der Waals surface area contributed by atoms with Crippen LogP contribution >= 0.6 is 0 Å². The van der Waals surface area contributed by atoms with Crippen LogP contribution in [-0.4, -0.2) is 149 Å². The van der Waals surface area contributed by atoms with E-state index in [0.717, 1.165) is 58.4 Å². The van der Waals surface area contributed by atoms with Crippen molar-refractivity contribution < 1.29 is 53.8 Å². The Hall–Kier alpha value is -5.07. The number of anilines is 1. The number of ketones is 1. The Morgan fingerprint density at radius 3 is 2.17 bits per heavy atom. The van der Waals surface area contributed by atoms with Gasteiger partial charge in [0.25, 0.3) is 11.7 Å². The van der Waals surface area contributed by atoms with Gasteiger partial charge < -0.3 is 59.4 Å². The SMILES string of the molecule is CO[C@H]1/C=C/O[C@@]2(C)Oc3c(C)c(O)c4c(O)c(c5c(c4c3C2=O)NC2(CCN(CC(C)C)CC2)N=5)=NC(=O)/C(C)=C\C=C\[C@H](C)[C@H](O)[C@@H](C)[C@@H](O)[C@@H](C)[C@H](OC(=O)N2CCC3(CCN(C)CC3)CC2)[C@@H]1C. The molecule has 2 aromatic rings. The Morgan fingerprint density at radius 2 is 1.53 bits per heavy atom. The molecule has 2 aromatic carbocycles. The highest BCUT2D eigenvalue weighted by atomic mass is 16.7. The van der Waals surface area contributed by atoms with Crippen LogP contribution in [0, 0.1) is 41.9 Å². The maximum atomic E-state index is 15.0. The minimum absolute atomic E-state index is 0.0598. The molecule has 0 unspecified atom stereocenters. The monoisotopic (exact) mass is 999 g/mol. The molecular formula is C55H78N6O11. The van der Waals surface area contributed by atoms with E-state index in [1.54, 1.807) is 56.9 Å². The lowest BCUT2D eigenvalue weighted by atomic mass is 9.71. The summed E-state index contributed by atoms with van der Waals surface area (Å²) in [5.41, 5.74) is 0.107. The van der Waals surface area contributed by atoms with Gasteiger partial charge in [-0.05, 0) is 77.1 Å². The highest BCUT2D eigenvalue weighted by molar-refractivity contribution is 6.21. The Morgan fingerprint density at radius 1 is 0.875 bits per heavy atom. The van der Waals surface area contributed by atoms with Gasteiger partial charge in [0.15, 0.2) is 5.75 Å². The van der Waals surface area contributed by atoms with Crippen LogP contribution in [0.5, 0.6) is 17.2 Å². The summed E-state index contributed by atoms with van der Waals surface area (Å²) < 4.78 is 25.1. The highest BCUT2D eigenvalue weighted by Crippen LogP contribution is 2.51. The van der Waals surface area contributed by atoms with Crippen molar-refractivity contribution in [3.05, 3.63) is 58.0 Å². The second kappa shape index (κ2) is 20.7. The molecule has 72 heavy (non-hydrogen) atoms. The number of fused-ring (bicyclic) bond motifs is 13. The molecular weight excluding hydrogens is 921 g/mol. The third kappa shape index (κ3) is 10.00. The summed E-state index contributed by atoms with van der Waals surface area (Å²) in [6, 6.07) is 0. The van der Waals surface area contributed by atoms with Crippen LogP contribution in [0.1, 0.15) is 110 Å². The molecule has 0 radical (unpaired) electrons. The van der Waals surface area contributed by atoms with E-state index in [1.165, 1.54) is 20.3 Å². The zero-order valence-electron chi connectivity index (χ0n) is 44.2. The van der Waals surface area contributed by atoms with Crippen molar-refractivity contribution in [2.75, 3.05) is 65.3 Å². The maximum absolute atomic E-state index is 15.0. The number of hydrogen-bond acceptors (Lipinski definition) is 15. The van der Waals surface area contributed by atoms with Crippen LogP contribution in [0.4, 0.5) is 10.5 Å². The molecule has 0 aromatic heterocycles. The lowest BCUT2D eigenvalue weighted by Gasteiger charge is -2.46. The number of ether oxygens (including phenoxy) is 4. The first kappa shape index (κ1) is 53.2. The number of benzene rings is 2. The molecule has 394 valence electrons. The van der Waals surface area contributed by atoms with E-state index in [2.05, 4.69) is 41.0 Å². The second-order valence-corrected chi connectivity index (χ2v) is 22.5. The van der Waals surface area contributed by atoms with Gasteiger partial charge in [-0.15, -0.1) is 0 Å². The molecule has 0 saturated carbocycles. The number of phenolic OH excluding ortho intramolecular Hbond substituents is 2. The van der Waals surface area contributed by atoms with Crippen LogP contribution in [-0.2, 0) is 19.0 Å². The van der Waals surface area contributed by atoms with Crippen LogP contribution in [0.25, 0.3) is 10.8 Å². The zero-order valence-corrected chi connectivity index (χ0v) is 44.2. The fourth-order valence-corrected chi connectivity index (χ4v) is 12.0. The minimum Gasteiger partial charge on any atom is -0.507 e. The summed E-state index contributed by atoms with van der Waals surface area (Å²) in [7, 11) is 3.65. The van der Waals surface area contributed by atoms with Crippen molar-refractivity contribution in [1.82, 2.24) is 14.7 Å². The third-order valence-electron chi connectivity index (χ3n) is 17.0. The highest BCUT2D eigenvalue weighted by Gasteiger charge is 2.51. The molecule has 7 aliphatic rings. The lowest BCUT2D eigenvalue weighted by molar-refractivity contribution is -0.114. The number of amides is 2. The molecule has 7 aliphatic heterocycles. The van der Waals surface area contributed by atoms with Gasteiger partial charge in [-0.25, -0.2) is 9.79 Å². The van der Waals surface area contributed by atoms with E-state index in [4.69, 9.17) is 23.9 Å². The van der Waals surface area contributed by atoms with Gasteiger partial charge in [0.05, 0.1) is 41.2 Å². The fraction of sp³-hybridized carbons (Fsp3) is 0.655.